The molecule has 2 saturated heterocycles. The molecular weight excluding hydrogens is 428 g/mol. The number of nitrogens with zero attached hydrogens (tertiary/aromatic N) is 3. The molecule has 3 amide bonds. The number of ether oxygens (including phenoxy) is 1. The average molecular weight is 459 g/mol. The molecule has 178 valence electrons. The molecule has 33 heavy (non-hydrogen) atoms. The highest BCUT2D eigenvalue weighted by Gasteiger charge is 2.36. The number of β-amino-alcohol motifs (C(OH)–C–C–N with tert-alkyl or cyclic N) is 1. The van der Waals surface area contributed by atoms with Gasteiger partial charge in [-0.25, -0.2) is 9.59 Å². The van der Waals surface area contributed by atoms with Crippen LogP contribution in [0.1, 0.15) is 57.6 Å². The second kappa shape index (κ2) is 8.33. The number of benzene rings is 1. The number of piperidine rings is 2. The van der Waals surface area contributed by atoms with E-state index in [1.165, 1.54) is 14.0 Å². The van der Waals surface area contributed by atoms with Crippen molar-refractivity contribution in [3.63, 3.8) is 0 Å². The third-order valence-corrected chi connectivity index (χ3v) is 6.29. The molecular formula is C23H30N4O6. The SMILES string of the molecule is Cn1c(=O)n(C2CCC(=O)NC2=O)c2cccc([C@H]3CCN(C(=O)OC(C)(C)C)C[C@@H]3O)c21. The lowest BCUT2D eigenvalue weighted by Crippen LogP contribution is -2.47. The van der Waals surface area contributed by atoms with Crippen LogP contribution in [0, 0.1) is 0 Å². The Labute approximate surface area is 191 Å². The molecule has 2 fully saturated rings. The fourth-order valence-corrected chi connectivity index (χ4v) is 4.78. The van der Waals surface area contributed by atoms with Crippen LogP contribution in [0.2, 0.25) is 0 Å². The normalized spacial score (nSPS) is 24.2. The van der Waals surface area contributed by atoms with Crippen molar-refractivity contribution in [3.05, 3.63) is 34.2 Å². The highest BCUT2D eigenvalue weighted by atomic mass is 16.6. The van der Waals surface area contributed by atoms with Gasteiger partial charge in [0.25, 0.3) is 0 Å². The van der Waals surface area contributed by atoms with E-state index < -0.39 is 29.7 Å². The summed E-state index contributed by atoms with van der Waals surface area (Å²) in [6.45, 7) is 5.92. The summed E-state index contributed by atoms with van der Waals surface area (Å²) in [6, 6.07) is 4.67. The number of amides is 3. The first kappa shape index (κ1) is 23.0. The van der Waals surface area contributed by atoms with Gasteiger partial charge in [0.1, 0.15) is 11.6 Å². The Hall–Kier alpha value is -3.14. The predicted octanol–water partition coefficient (Wildman–Crippen LogP) is 1.40. The number of hydrogen-bond donors (Lipinski definition) is 2. The number of nitrogens with one attached hydrogen (secondary N) is 1. The number of imide groups is 1. The molecule has 0 radical (unpaired) electrons. The zero-order valence-corrected chi connectivity index (χ0v) is 19.3. The summed E-state index contributed by atoms with van der Waals surface area (Å²) in [6.07, 6.45) is -0.386. The molecule has 1 aromatic carbocycles. The molecule has 0 bridgehead atoms. The molecule has 3 heterocycles. The molecule has 3 atom stereocenters. The van der Waals surface area contributed by atoms with Crippen LogP contribution in [0.5, 0.6) is 0 Å². The van der Waals surface area contributed by atoms with E-state index in [-0.39, 0.29) is 36.9 Å². The van der Waals surface area contributed by atoms with Gasteiger partial charge in [-0.15, -0.1) is 0 Å². The fraction of sp³-hybridized carbons (Fsp3) is 0.565. The summed E-state index contributed by atoms with van der Waals surface area (Å²) < 4.78 is 8.35. The van der Waals surface area contributed by atoms with Crippen LogP contribution >= 0.6 is 0 Å². The maximum atomic E-state index is 13.1. The van der Waals surface area contributed by atoms with E-state index in [9.17, 15) is 24.3 Å². The summed E-state index contributed by atoms with van der Waals surface area (Å²) in [5.41, 5.74) is 1.03. The molecule has 1 aromatic heterocycles. The third kappa shape index (κ3) is 4.27. The number of rotatable bonds is 2. The molecule has 2 aromatic rings. The Kier molecular flexibility index (Phi) is 5.81. The van der Waals surface area contributed by atoms with Crippen LogP contribution in [-0.4, -0.2) is 61.8 Å². The molecule has 2 aliphatic rings. The number of aryl methyl sites for hydroxylation is 1. The summed E-state index contributed by atoms with van der Waals surface area (Å²) in [7, 11) is 1.64. The maximum absolute atomic E-state index is 13.1. The average Bonchev–Trinajstić information content (AvgIpc) is 2.98. The number of aliphatic hydroxyl groups is 1. The second-order valence-electron chi connectivity index (χ2n) is 9.78. The zero-order chi connectivity index (χ0) is 24.1. The van der Waals surface area contributed by atoms with Crippen LogP contribution in [0.3, 0.4) is 0 Å². The van der Waals surface area contributed by atoms with Gasteiger partial charge in [0.05, 0.1) is 23.7 Å². The van der Waals surface area contributed by atoms with E-state index in [4.69, 9.17) is 4.74 Å². The van der Waals surface area contributed by atoms with E-state index in [0.717, 1.165) is 5.56 Å². The number of carbonyl (C=O) groups excluding carboxylic acids is 3. The maximum Gasteiger partial charge on any atom is 0.410 e. The molecule has 0 aliphatic carbocycles. The minimum atomic E-state index is -0.842. The van der Waals surface area contributed by atoms with E-state index in [1.807, 2.05) is 6.07 Å². The van der Waals surface area contributed by atoms with Crippen molar-refractivity contribution in [1.82, 2.24) is 19.4 Å². The molecule has 10 heteroatoms. The van der Waals surface area contributed by atoms with Gasteiger partial charge in [-0.1, -0.05) is 12.1 Å². The molecule has 2 aliphatic heterocycles. The Balaban J connectivity index is 1.66. The quantitative estimate of drug-likeness (QED) is 0.656. The van der Waals surface area contributed by atoms with E-state index in [2.05, 4.69) is 5.32 Å². The van der Waals surface area contributed by atoms with E-state index >= 15 is 0 Å². The Morgan fingerprint density at radius 2 is 1.91 bits per heavy atom. The summed E-state index contributed by atoms with van der Waals surface area (Å²) >= 11 is 0. The lowest BCUT2D eigenvalue weighted by atomic mass is 9.86. The van der Waals surface area contributed by atoms with Crippen LogP contribution < -0.4 is 11.0 Å². The highest BCUT2D eigenvalue weighted by Crippen LogP contribution is 2.34. The lowest BCUT2D eigenvalue weighted by molar-refractivity contribution is -0.135. The number of carbonyl (C=O) groups is 3. The minimum Gasteiger partial charge on any atom is -0.444 e. The summed E-state index contributed by atoms with van der Waals surface area (Å²) in [5, 5.41) is 13.3. The van der Waals surface area contributed by atoms with Crippen LogP contribution in [0.4, 0.5) is 4.79 Å². The Bertz CT molecular complexity index is 1170. The first-order chi connectivity index (χ1) is 15.5. The van der Waals surface area contributed by atoms with Crippen molar-refractivity contribution in [1.29, 1.82) is 0 Å². The number of fused-ring (bicyclic) bond motifs is 1. The standard InChI is InChI=1S/C23H30N4O6/c1-23(2,3)33-22(32)26-11-10-13(17(28)12-26)14-6-5-7-15-19(14)25(4)21(31)27(15)16-8-9-18(29)24-20(16)30/h5-7,13,16-17,28H,8-12H2,1-4H3,(H,24,29,30)/t13-,16?,17+/m1/s1. The Morgan fingerprint density at radius 1 is 1.18 bits per heavy atom. The molecule has 1 unspecified atom stereocenters. The predicted molar refractivity (Wildman–Crippen MR) is 120 cm³/mol. The van der Waals surface area contributed by atoms with Gasteiger partial charge in [-0.2, -0.15) is 0 Å². The number of likely N-dealkylation sites (tertiary alicyclic amines) is 1. The van der Waals surface area contributed by atoms with Crippen molar-refractivity contribution in [2.75, 3.05) is 13.1 Å². The van der Waals surface area contributed by atoms with Gasteiger partial charge in [0.15, 0.2) is 0 Å². The van der Waals surface area contributed by atoms with Gasteiger partial charge < -0.3 is 14.7 Å². The number of imidazole rings is 1. The first-order valence-corrected chi connectivity index (χ1v) is 11.2. The number of para-hydroxylation sites is 1. The molecule has 2 N–H and O–H groups in total. The number of aromatic nitrogens is 2. The molecule has 0 saturated carbocycles. The largest absolute Gasteiger partial charge is 0.444 e. The van der Waals surface area contributed by atoms with Gasteiger partial charge in [0.2, 0.25) is 11.8 Å². The van der Waals surface area contributed by atoms with Crippen molar-refractivity contribution < 1.29 is 24.2 Å². The topological polar surface area (TPSA) is 123 Å². The number of aliphatic hydroxyl groups excluding tert-OH is 1. The number of hydrogen-bond acceptors (Lipinski definition) is 6. The monoisotopic (exact) mass is 458 g/mol. The molecule has 4 rings (SSSR count). The van der Waals surface area contributed by atoms with Gasteiger partial charge in [-0.05, 0) is 45.2 Å². The van der Waals surface area contributed by atoms with Gasteiger partial charge >= 0.3 is 11.8 Å². The van der Waals surface area contributed by atoms with Crippen LogP contribution in [-0.2, 0) is 21.4 Å². The Morgan fingerprint density at radius 3 is 2.55 bits per heavy atom. The lowest BCUT2D eigenvalue weighted by Gasteiger charge is -2.37. The fourth-order valence-electron chi connectivity index (χ4n) is 4.78. The van der Waals surface area contributed by atoms with E-state index in [1.54, 1.807) is 40.0 Å². The van der Waals surface area contributed by atoms with E-state index in [0.29, 0.717) is 24.0 Å². The minimum absolute atomic E-state index is 0.123. The summed E-state index contributed by atoms with van der Waals surface area (Å²) in [5.74, 6) is -1.13. The first-order valence-electron chi connectivity index (χ1n) is 11.2. The second-order valence-corrected chi connectivity index (χ2v) is 9.78. The van der Waals surface area contributed by atoms with Gasteiger partial charge in [0, 0.05) is 25.9 Å². The van der Waals surface area contributed by atoms with Crippen LogP contribution in [0.15, 0.2) is 23.0 Å². The van der Waals surface area contributed by atoms with Crippen molar-refractivity contribution >= 4 is 28.9 Å². The van der Waals surface area contributed by atoms with Crippen LogP contribution in [0.25, 0.3) is 11.0 Å². The molecule has 10 nitrogen and oxygen atoms in total. The highest BCUT2D eigenvalue weighted by molar-refractivity contribution is 6.00. The smallest absolute Gasteiger partial charge is 0.410 e. The third-order valence-electron chi connectivity index (χ3n) is 6.29. The van der Waals surface area contributed by atoms with Crippen molar-refractivity contribution in [2.24, 2.45) is 7.05 Å². The van der Waals surface area contributed by atoms with Crippen molar-refractivity contribution in [2.45, 2.75) is 63.7 Å². The summed E-state index contributed by atoms with van der Waals surface area (Å²) in [4.78, 5) is 51.1. The van der Waals surface area contributed by atoms with Gasteiger partial charge in [-0.3, -0.25) is 24.0 Å². The van der Waals surface area contributed by atoms with Crippen molar-refractivity contribution in [3.8, 4) is 0 Å². The zero-order valence-electron chi connectivity index (χ0n) is 19.3. The molecule has 0 spiro atoms.